The molecule has 0 spiro atoms. The Hall–Kier alpha value is -3.15. The fourth-order valence-corrected chi connectivity index (χ4v) is 10.6. The maximum Gasteiger partial charge on any atom is 0.306 e. The summed E-state index contributed by atoms with van der Waals surface area (Å²) in [5.74, 6) is -0.880. The smallest absolute Gasteiger partial charge is 0.306 e. The first-order valence-electron chi connectivity index (χ1n) is 35.9. The van der Waals surface area contributed by atoms with Crippen molar-refractivity contribution in [3.8, 4) is 0 Å². The lowest BCUT2D eigenvalue weighted by Crippen LogP contribution is -2.30. The summed E-state index contributed by atoms with van der Waals surface area (Å²) in [7, 11) is 0. The number of allylic oxidation sites excluding steroid dienone is 12. The predicted octanol–water partition coefficient (Wildman–Crippen LogP) is 24.8. The van der Waals surface area contributed by atoms with E-state index in [9.17, 15) is 14.4 Å². The van der Waals surface area contributed by atoms with Gasteiger partial charge in [0.2, 0.25) is 0 Å². The van der Waals surface area contributed by atoms with E-state index in [1.165, 1.54) is 238 Å². The Kier molecular flexibility index (Phi) is 67.6. The van der Waals surface area contributed by atoms with Crippen molar-refractivity contribution < 1.29 is 28.6 Å². The predicted molar refractivity (Wildman–Crippen MR) is 358 cm³/mol. The normalized spacial score (nSPS) is 12.5. The molecule has 82 heavy (non-hydrogen) atoms. The van der Waals surface area contributed by atoms with Crippen LogP contribution in [-0.4, -0.2) is 37.2 Å². The van der Waals surface area contributed by atoms with E-state index in [2.05, 4.69) is 93.7 Å². The Labute approximate surface area is 510 Å². The topological polar surface area (TPSA) is 78.9 Å². The first-order chi connectivity index (χ1) is 40.5. The maximum atomic E-state index is 12.9. The lowest BCUT2D eigenvalue weighted by Gasteiger charge is -2.18. The van der Waals surface area contributed by atoms with Crippen LogP contribution in [0.2, 0.25) is 0 Å². The molecule has 0 N–H and O–H groups in total. The van der Waals surface area contributed by atoms with E-state index in [0.29, 0.717) is 19.3 Å². The Bertz CT molecular complexity index is 1500. The number of esters is 3. The molecule has 0 saturated carbocycles. The number of rotatable bonds is 66. The maximum absolute atomic E-state index is 12.9. The van der Waals surface area contributed by atoms with Crippen LogP contribution in [0.4, 0.5) is 0 Å². The average Bonchev–Trinajstić information content (AvgIpc) is 3.47. The van der Waals surface area contributed by atoms with Gasteiger partial charge >= 0.3 is 17.9 Å². The fourth-order valence-electron chi connectivity index (χ4n) is 10.6. The van der Waals surface area contributed by atoms with Gasteiger partial charge in [0.25, 0.3) is 0 Å². The summed E-state index contributed by atoms with van der Waals surface area (Å²) in [5.41, 5.74) is 0. The molecule has 476 valence electrons. The van der Waals surface area contributed by atoms with Gasteiger partial charge in [0.15, 0.2) is 6.10 Å². The summed E-state index contributed by atoms with van der Waals surface area (Å²) >= 11 is 0. The molecule has 6 heteroatoms. The standard InChI is InChI=1S/C76H136O6/c1-4-7-10-13-16-18-20-22-24-26-28-30-32-33-34-35-36-37-38-39-40-41-42-43-45-46-48-50-52-54-56-58-60-63-66-69-75(78)81-72-73(71-80-74(77)68-65-62-15-12-9-6-3)82-76(79)70-67-64-61-59-57-55-53-51-49-47-44-31-29-27-25-23-21-19-17-14-11-8-5-2/h8,11,17,19,23,25-26,28-29,31,47,49,73H,4-7,9-10,12-16,18,20-22,24,27,30,32-46,48,50-72H2,1-3H3/b11-8-,19-17-,25-23-,28-26-,31-29-,49-47-. The zero-order chi connectivity index (χ0) is 59.2. The number of hydrogen-bond acceptors (Lipinski definition) is 6. The molecule has 1 atom stereocenters. The third-order valence-electron chi connectivity index (χ3n) is 15.9. The van der Waals surface area contributed by atoms with Crippen LogP contribution in [0, 0.1) is 0 Å². The minimum absolute atomic E-state index is 0.0764. The Balaban J connectivity index is 3.95. The first kappa shape index (κ1) is 78.8. The summed E-state index contributed by atoms with van der Waals surface area (Å²) in [6.45, 7) is 6.50. The highest BCUT2D eigenvalue weighted by molar-refractivity contribution is 5.71. The SMILES string of the molecule is CC/C=C\C/C=C\C/C=C\C/C=C\C/C=C\CCCCCCCCCC(=O)OC(COC(=O)CCCCCCCC)COC(=O)CCCCCCCCCCCCCCCCCCCCCCCCC/C=C\CCCCCCCCCC. The molecule has 0 fully saturated rings. The molecule has 0 bridgehead atoms. The van der Waals surface area contributed by atoms with Crippen molar-refractivity contribution >= 4 is 17.9 Å². The minimum Gasteiger partial charge on any atom is -0.462 e. The molecular formula is C76H136O6. The molecule has 0 aromatic heterocycles. The summed E-state index contributed by atoms with van der Waals surface area (Å²) in [6.07, 6.45) is 92.8. The lowest BCUT2D eigenvalue weighted by molar-refractivity contribution is -0.167. The summed E-state index contributed by atoms with van der Waals surface area (Å²) in [6, 6.07) is 0. The fraction of sp³-hybridized carbons (Fsp3) is 0.803. The van der Waals surface area contributed by atoms with E-state index in [4.69, 9.17) is 14.2 Å². The molecule has 0 rings (SSSR count). The number of carbonyl (C=O) groups excluding carboxylic acids is 3. The van der Waals surface area contributed by atoms with E-state index in [-0.39, 0.29) is 31.1 Å². The number of ether oxygens (including phenoxy) is 3. The molecule has 1 unspecified atom stereocenters. The number of unbranched alkanes of at least 4 members (excludes halogenated alkanes) is 43. The van der Waals surface area contributed by atoms with Crippen molar-refractivity contribution in [1.82, 2.24) is 0 Å². The molecule has 0 radical (unpaired) electrons. The van der Waals surface area contributed by atoms with Gasteiger partial charge in [0.05, 0.1) is 0 Å². The molecule has 6 nitrogen and oxygen atoms in total. The van der Waals surface area contributed by atoms with E-state index < -0.39 is 6.10 Å². The van der Waals surface area contributed by atoms with Crippen LogP contribution < -0.4 is 0 Å². The van der Waals surface area contributed by atoms with E-state index in [0.717, 1.165) is 96.3 Å². The van der Waals surface area contributed by atoms with Crippen LogP contribution in [0.15, 0.2) is 72.9 Å². The van der Waals surface area contributed by atoms with Gasteiger partial charge in [-0.2, -0.15) is 0 Å². The van der Waals surface area contributed by atoms with Crippen LogP contribution >= 0.6 is 0 Å². The molecule has 0 aliphatic rings. The van der Waals surface area contributed by atoms with Crippen LogP contribution in [-0.2, 0) is 28.6 Å². The third-order valence-corrected chi connectivity index (χ3v) is 15.9. The number of carbonyl (C=O) groups is 3. The zero-order valence-corrected chi connectivity index (χ0v) is 54.8. The van der Waals surface area contributed by atoms with Gasteiger partial charge in [-0.15, -0.1) is 0 Å². The second-order valence-corrected chi connectivity index (χ2v) is 24.1. The second-order valence-electron chi connectivity index (χ2n) is 24.1. The van der Waals surface area contributed by atoms with Crippen molar-refractivity contribution in [2.75, 3.05) is 13.2 Å². The summed E-state index contributed by atoms with van der Waals surface area (Å²) in [4.78, 5) is 38.1. The van der Waals surface area contributed by atoms with Crippen molar-refractivity contribution in [3.05, 3.63) is 72.9 Å². The molecule has 0 heterocycles. The van der Waals surface area contributed by atoms with Crippen LogP contribution in [0.25, 0.3) is 0 Å². The Morgan fingerprint density at radius 2 is 0.476 bits per heavy atom. The largest absolute Gasteiger partial charge is 0.462 e. The van der Waals surface area contributed by atoms with E-state index in [1.54, 1.807) is 0 Å². The van der Waals surface area contributed by atoms with E-state index >= 15 is 0 Å². The Morgan fingerprint density at radius 3 is 0.756 bits per heavy atom. The second kappa shape index (κ2) is 70.3. The van der Waals surface area contributed by atoms with Gasteiger partial charge in [0.1, 0.15) is 13.2 Å². The molecular weight excluding hydrogens is 1010 g/mol. The van der Waals surface area contributed by atoms with Crippen molar-refractivity contribution in [2.45, 2.75) is 380 Å². The lowest BCUT2D eigenvalue weighted by atomic mass is 10.0. The van der Waals surface area contributed by atoms with Gasteiger partial charge in [-0.3, -0.25) is 14.4 Å². The van der Waals surface area contributed by atoms with Crippen LogP contribution in [0.3, 0.4) is 0 Å². The highest BCUT2D eigenvalue weighted by atomic mass is 16.6. The quantitative estimate of drug-likeness (QED) is 0.0261. The Morgan fingerprint density at radius 1 is 0.256 bits per heavy atom. The van der Waals surface area contributed by atoms with Gasteiger partial charge in [0, 0.05) is 19.3 Å². The minimum atomic E-state index is -0.778. The van der Waals surface area contributed by atoms with Gasteiger partial charge < -0.3 is 14.2 Å². The van der Waals surface area contributed by atoms with Crippen LogP contribution in [0.5, 0.6) is 0 Å². The van der Waals surface area contributed by atoms with Gasteiger partial charge in [-0.25, -0.2) is 0 Å². The highest BCUT2D eigenvalue weighted by Crippen LogP contribution is 2.18. The molecule has 0 amide bonds. The zero-order valence-electron chi connectivity index (χ0n) is 54.8. The monoisotopic (exact) mass is 1150 g/mol. The van der Waals surface area contributed by atoms with E-state index in [1.807, 2.05) is 0 Å². The molecule has 0 aliphatic carbocycles. The summed E-state index contributed by atoms with van der Waals surface area (Å²) < 4.78 is 16.8. The highest BCUT2D eigenvalue weighted by Gasteiger charge is 2.19. The molecule has 0 saturated heterocycles. The third kappa shape index (κ3) is 67.6. The van der Waals surface area contributed by atoms with Gasteiger partial charge in [-0.05, 0) is 89.9 Å². The first-order valence-corrected chi connectivity index (χ1v) is 35.9. The van der Waals surface area contributed by atoms with Gasteiger partial charge in [-0.1, -0.05) is 338 Å². The molecule has 0 aromatic carbocycles. The van der Waals surface area contributed by atoms with Crippen molar-refractivity contribution in [1.29, 1.82) is 0 Å². The number of hydrogen-bond donors (Lipinski definition) is 0. The molecule has 0 aromatic rings. The summed E-state index contributed by atoms with van der Waals surface area (Å²) in [5, 5.41) is 0. The van der Waals surface area contributed by atoms with Crippen molar-refractivity contribution in [2.24, 2.45) is 0 Å². The van der Waals surface area contributed by atoms with Crippen molar-refractivity contribution in [3.63, 3.8) is 0 Å². The molecule has 0 aliphatic heterocycles. The van der Waals surface area contributed by atoms with Crippen LogP contribution in [0.1, 0.15) is 374 Å². The average molecular weight is 1150 g/mol.